The Hall–Kier alpha value is -1.42. The lowest BCUT2D eigenvalue weighted by molar-refractivity contribution is 1.27. The van der Waals surface area contributed by atoms with Crippen molar-refractivity contribution in [3.8, 4) is 11.8 Å². The highest BCUT2D eigenvalue weighted by molar-refractivity contribution is 5.43. The van der Waals surface area contributed by atoms with Crippen molar-refractivity contribution in [1.29, 1.82) is 0 Å². The van der Waals surface area contributed by atoms with Crippen LogP contribution in [-0.2, 0) is 0 Å². The van der Waals surface area contributed by atoms with Gasteiger partial charge in [-0.3, -0.25) is 0 Å². The molecule has 0 spiro atoms. The van der Waals surface area contributed by atoms with E-state index in [1.807, 2.05) is 30.3 Å². The van der Waals surface area contributed by atoms with Gasteiger partial charge in [-0.1, -0.05) is 31.0 Å². The molecule has 12 heavy (non-hydrogen) atoms. The van der Waals surface area contributed by atoms with Crippen molar-refractivity contribution in [2.45, 2.75) is 13.3 Å². The van der Waals surface area contributed by atoms with E-state index in [0.29, 0.717) is 0 Å². The van der Waals surface area contributed by atoms with Crippen molar-refractivity contribution in [3.63, 3.8) is 0 Å². The van der Waals surface area contributed by atoms with Gasteiger partial charge >= 0.3 is 0 Å². The quantitative estimate of drug-likeness (QED) is 0.654. The fourth-order valence-corrected chi connectivity index (χ4v) is 0.890. The van der Waals surface area contributed by atoms with Crippen LogP contribution in [0.25, 0.3) is 0 Å². The molecule has 0 fully saturated rings. The number of rotatable bonds is 2. The highest BCUT2D eigenvalue weighted by Gasteiger charge is 1.83. The fourth-order valence-electron chi connectivity index (χ4n) is 0.890. The summed E-state index contributed by atoms with van der Waals surface area (Å²) in [5, 5.41) is 3.21. The molecular formula is C11H13N. The lowest BCUT2D eigenvalue weighted by Crippen LogP contribution is -1.97. The molecule has 0 bridgehead atoms. The first kappa shape index (κ1) is 8.67. The molecule has 0 radical (unpaired) electrons. The van der Waals surface area contributed by atoms with Crippen molar-refractivity contribution in [3.05, 3.63) is 30.3 Å². The molecule has 0 heterocycles. The standard InChI is InChI=1S/C11H13N/c1-2-3-7-10-12-11-8-5-4-6-9-11/h4-6,8-9,12H,2,10H2,1H3. The van der Waals surface area contributed by atoms with Crippen molar-refractivity contribution >= 4 is 5.69 Å². The molecule has 1 heteroatoms. The molecule has 0 aromatic heterocycles. The summed E-state index contributed by atoms with van der Waals surface area (Å²) in [7, 11) is 0. The average molecular weight is 159 g/mol. The van der Waals surface area contributed by atoms with E-state index in [4.69, 9.17) is 0 Å². The van der Waals surface area contributed by atoms with Gasteiger partial charge in [0.05, 0.1) is 6.54 Å². The van der Waals surface area contributed by atoms with E-state index in [-0.39, 0.29) is 0 Å². The van der Waals surface area contributed by atoms with E-state index >= 15 is 0 Å². The molecule has 0 aliphatic rings. The van der Waals surface area contributed by atoms with Gasteiger partial charge in [0.1, 0.15) is 0 Å². The minimum Gasteiger partial charge on any atom is -0.374 e. The summed E-state index contributed by atoms with van der Waals surface area (Å²) >= 11 is 0. The lowest BCUT2D eigenvalue weighted by Gasteiger charge is -1.99. The Morgan fingerprint density at radius 1 is 1.17 bits per heavy atom. The van der Waals surface area contributed by atoms with Crippen LogP contribution in [0.2, 0.25) is 0 Å². The Kier molecular flexibility index (Phi) is 3.80. The van der Waals surface area contributed by atoms with Crippen molar-refractivity contribution in [1.82, 2.24) is 0 Å². The van der Waals surface area contributed by atoms with E-state index in [9.17, 15) is 0 Å². The first-order valence-corrected chi connectivity index (χ1v) is 4.18. The third-order valence-electron chi connectivity index (χ3n) is 1.46. The zero-order chi connectivity index (χ0) is 8.65. The lowest BCUT2D eigenvalue weighted by atomic mass is 10.3. The van der Waals surface area contributed by atoms with Crippen molar-refractivity contribution in [2.75, 3.05) is 11.9 Å². The van der Waals surface area contributed by atoms with Crippen LogP contribution in [0.4, 0.5) is 5.69 Å². The highest BCUT2D eigenvalue weighted by atomic mass is 14.8. The largest absolute Gasteiger partial charge is 0.374 e. The Bertz CT molecular complexity index is 266. The molecular weight excluding hydrogens is 146 g/mol. The van der Waals surface area contributed by atoms with E-state index < -0.39 is 0 Å². The summed E-state index contributed by atoms with van der Waals surface area (Å²) in [5.41, 5.74) is 1.13. The first-order valence-electron chi connectivity index (χ1n) is 4.18. The molecule has 1 nitrogen and oxygen atoms in total. The summed E-state index contributed by atoms with van der Waals surface area (Å²) in [6, 6.07) is 10.1. The Labute approximate surface area is 73.8 Å². The zero-order valence-electron chi connectivity index (χ0n) is 7.30. The Morgan fingerprint density at radius 2 is 1.92 bits per heavy atom. The third-order valence-corrected chi connectivity index (χ3v) is 1.46. The predicted molar refractivity (Wildman–Crippen MR) is 53.0 cm³/mol. The van der Waals surface area contributed by atoms with E-state index in [1.54, 1.807) is 0 Å². The molecule has 1 N–H and O–H groups in total. The molecule has 0 amide bonds. The van der Waals surface area contributed by atoms with Crippen molar-refractivity contribution < 1.29 is 0 Å². The predicted octanol–water partition coefficient (Wildman–Crippen LogP) is 2.51. The second-order valence-corrected chi connectivity index (χ2v) is 2.43. The van der Waals surface area contributed by atoms with Gasteiger partial charge in [0, 0.05) is 12.1 Å². The van der Waals surface area contributed by atoms with Crippen LogP contribution in [0.1, 0.15) is 13.3 Å². The maximum absolute atomic E-state index is 3.21. The summed E-state index contributed by atoms with van der Waals surface area (Å²) in [6.45, 7) is 2.79. The van der Waals surface area contributed by atoms with Crippen LogP contribution in [0.15, 0.2) is 30.3 Å². The highest BCUT2D eigenvalue weighted by Crippen LogP contribution is 2.03. The van der Waals surface area contributed by atoms with E-state index in [0.717, 1.165) is 18.7 Å². The van der Waals surface area contributed by atoms with Crippen LogP contribution >= 0.6 is 0 Å². The second-order valence-electron chi connectivity index (χ2n) is 2.43. The monoisotopic (exact) mass is 159 g/mol. The van der Waals surface area contributed by atoms with Crippen LogP contribution in [0, 0.1) is 11.8 Å². The number of anilines is 1. The number of hydrogen-bond acceptors (Lipinski definition) is 1. The number of benzene rings is 1. The van der Waals surface area contributed by atoms with Crippen molar-refractivity contribution in [2.24, 2.45) is 0 Å². The van der Waals surface area contributed by atoms with E-state index in [2.05, 4.69) is 24.1 Å². The van der Waals surface area contributed by atoms with Crippen LogP contribution in [0.3, 0.4) is 0 Å². The molecule has 1 rings (SSSR count). The van der Waals surface area contributed by atoms with Gasteiger partial charge in [0.15, 0.2) is 0 Å². The summed E-state index contributed by atoms with van der Waals surface area (Å²) in [4.78, 5) is 0. The SMILES string of the molecule is CCC#CCNc1ccccc1. The van der Waals surface area contributed by atoms with Crippen LogP contribution in [0.5, 0.6) is 0 Å². The molecule has 62 valence electrons. The summed E-state index contributed by atoms with van der Waals surface area (Å²) in [5.74, 6) is 6.03. The maximum atomic E-state index is 3.21. The molecule has 0 unspecified atom stereocenters. The number of nitrogens with one attached hydrogen (secondary N) is 1. The first-order chi connectivity index (χ1) is 5.93. The van der Waals surface area contributed by atoms with Gasteiger partial charge in [-0.2, -0.15) is 0 Å². The molecule has 1 aromatic rings. The van der Waals surface area contributed by atoms with Gasteiger partial charge in [-0.25, -0.2) is 0 Å². The third kappa shape index (κ3) is 3.12. The minimum absolute atomic E-state index is 0.734. The van der Waals surface area contributed by atoms with Gasteiger partial charge in [-0.05, 0) is 12.1 Å². The molecule has 1 aromatic carbocycles. The number of hydrogen-bond donors (Lipinski definition) is 1. The zero-order valence-corrected chi connectivity index (χ0v) is 7.30. The van der Waals surface area contributed by atoms with Gasteiger partial charge in [-0.15, -0.1) is 5.92 Å². The summed E-state index contributed by atoms with van der Waals surface area (Å²) in [6.07, 6.45) is 0.927. The molecule has 0 atom stereocenters. The van der Waals surface area contributed by atoms with Crippen LogP contribution < -0.4 is 5.32 Å². The molecule has 0 aliphatic heterocycles. The second kappa shape index (κ2) is 5.26. The molecule has 0 saturated carbocycles. The Balaban J connectivity index is 2.34. The molecule has 0 saturated heterocycles. The average Bonchev–Trinajstić information content (AvgIpc) is 2.14. The van der Waals surface area contributed by atoms with Gasteiger partial charge in [0.2, 0.25) is 0 Å². The maximum Gasteiger partial charge on any atom is 0.0765 e. The molecule has 0 aliphatic carbocycles. The minimum atomic E-state index is 0.734. The van der Waals surface area contributed by atoms with Crippen LogP contribution in [-0.4, -0.2) is 6.54 Å². The Morgan fingerprint density at radius 3 is 2.58 bits per heavy atom. The van der Waals surface area contributed by atoms with Gasteiger partial charge < -0.3 is 5.32 Å². The summed E-state index contributed by atoms with van der Waals surface area (Å²) < 4.78 is 0. The topological polar surface area (TPSA) is 12.0 Å². The number of para-hydroxylation sites is 1. The normalized spacial score (nSPS) is 8.42. The van der Waals surface area contributed by atoms with Gasteiger partial charge in [0.25, 0.3) is 0 Å². The van der Waals surface area contributed by atoms with E-state index in [1.165, 1.54) is 0 Å². The fraction of sp³-hybridized carbons (Fsp3) is 0.273. The smallest absolute Gasteiger partial charge is 0.0765 e.